The number of aromatic nitrogens is 2. The number of nitrogens with zero attached hydrogens (tertiary/aromatic N) is 1. The van der Waals surface area contributed by atoms with E-state index >= 15 is 0 Å². The van der Waals surface area contributed by atoms with E-state index in [0.29, 0.717) is 16.5 Å². The predicted octanol–water partition coefficient (Wildman–Crippen LogP) is 5.08. The van der Waals surface area contributed by atoms with Gasteiger partial charge in [-0.2, -0.15) is 12.6 Å². The molecule has 102 valence electrons. The summed E-state index contributed by atoms with van der Waals surface area (Å²) < 4.78 is 0. The molecule has 0 radical (unpaired) electrons. The number of rotatable bonds is 3. The van der Waals surface area contributed by atoms with Gasteiger partial charge < -0.3 is 4.98 Å². The maximum absolute atomic E-state index is 6.18. The molecule has 1 heterocycles. The third kappa shape index (κ3) is 2.80. The number of imidazole rings is 1. The van der Waals surface area contributed by atoms with Crippen LogP contribution in [0, 0.1) is 0 Å². The van der Waals surface area contributed by atoms with E-state index < -0.39 is 0 Å². The summed E-state index contributed by atoms with van der Waals surface area (Å²) in [6, 6.07) is 13.4. The third-order valence-corrected chi connectivity index (χ3v) is 4.18. The summed E-state index contributed by atoms with van der Waals surface area (Å²) in [6.07, 6.45) is 0.669. The molecule has 0 spiro atoms. The van der Waals surface area contributed by atoms with Gasteiger partial charge in [0.1, 0.15) is 5.82 Å². The lowest BCUT2D eigenvalue weighted by Gasteiger charge is -2.09. The van der Waals surface area contributed by atoms with E-state index in [1.54, 1.807) is 12.1 Å². The van der Waals surface area contributed by atoms with E-state index in [0.717, 1.165) is 22.4 Å². The number of para-hydroxylation sites is 2. The Balaban J connectivity index is 1.88. The van der Waals surface area contributed by atoms with Gasteiger partial charge in [-0.15, -0.1) is 0 Å². The summed E-state index contributed by atoms with van der Waals surface area (Å²) in [4.78, 5) is 7.84. The standard InChI is InChI=1S/C15H12Cl2N2S/c16-10-5-6-11(17)9(7-10)8-14(20)15-18-12-3-1-2-4-13(12)19-15/h1-7,14,20H,8H2,(H,18,19). The number of hydrogen-bond donors (Lipinski definition) is 2. The minimum Gasteiger partial charge on any atom is -0.341 e. The first-order valence-corrected chi connectivity index (χ1v) is 7.47. The quantitative estimate of drug-likeness (QED) is 0.646. The summed E-state index contributed by atoms with van der Waals surface area (Å²) in [7, 11) is 0. The van der Waals surface area contributed by atoms with Crippen LogP contribution in [0.25, 0.3) is 11.0 Å². The van der Waals surface area contributed by atoms with E-state index in [2.05, 4.69) is 22.6 Å². The van der Waals surface area contributed by atoms with Crippen molar-refractivity contribution >= 4 is 46.9 Å². The monoisotopic (exact) mass is 322 g/mol. The Hall–Kier alpha value is -1.16. The lowest BCUT2D eigenvalue weighted by Crippen LogP contribution is -1.99. The van der Waals surface area contributed by atoms with Gasteiger partial charge in [0.2, 0.25) is 0 Å². The summed E-state index contributed by atoms with van der Waals surface area (Å²) in [5, 5.41) is 1.32. The average molecular weight is 323 g/mol. The Morgan fingerprint density at radius 2 is 1.95 bits per heavy atom. The van der Waals surface area contributed by atoms with Gasteiger partial charge in [-0.3, -0.25) is 0 Å². The summed E-state index contributed by atoms with van der Waals surface area (Å²) in [5.74, 6) is 0.838. The van der Waals surface area contributed by atoms with Crippen molar-refractivity contribution in [2.24, 2.45) is 0 Å². The highest BCUT2D eigenvalue weighted by Gasteiger charge is 2.14. The number of thiol groups is 1. The van der Waals surface area contributed by atoms with Crippen molar-refractivity contribution in [2.45, 2.75) is 11.7 Å². The normalized spacial score (nSPS) is 12.8. The van der Waals surface area contributed by atoms with Crippen LogP contribution in [0.2, 0.25) is 10.0 Å². The molecule has 0 saturated heterocycles. The van der Waals surface area contributed by atoms with Crippen molar-refractivity contribution in [1.29, 1.82) is 0 Å². The SMILES string of the molecule is SC(Cc1cc(Cl)ccc1Cl)c1nc2ccccc2[nH]1. The fraction of sp³-hybridized carbons (Fsp3) is 0.133. The molecule has 1 unspecified atom stereocenters. The predicted molar refractivity (Wildman–Crippen MR) is 88.0 cm³/mol. The molecule has 1 atom stereocenters. The maximum Gasteiger partial charge on any atom is 0.120 e. The molecule has 0 aliphatic rings. The molecular weight excluding hydrogens is 311 g/mol. The minimum atomic E-state index is -0.0571. The molecular formula is C15H12Cl2N2S. The Morgan fingerprint density at radius 1 is 1.15 bits per heavy atom. The minimum absolute atomic E-state index is 0.0571. The number of fused-ring (bicyclic) bond motifs is 1. The van der Waals surface area contributed by atoms with Crippen LogP contribution in [0.1, 0.15) is 16.6 Å². The fourth-order valence-corrected chi connectivity index (χ4v) is 2.84. The highest BCUT2D eigenvalue weighted by atomic mass is 35.5. The Bertz CT molecular complexity index is 721. The zero-order valence-corrected chi connectivity index (χ0v) is 12.9. The van der Waals surface area contributed by atoms with Crippen molar-refractivity contribution in [2.75, 3.05) is 0 Å². The highest BCUT2D eigenvalue weighted by Crippen LogP contribution is 2.29. The van der Waals surface area contributed by atoms with E-state index in [9.17, 15) is 0 Å². The molecule has 0 bridgehead atoms. The second-order valence-corrected chi connectivity index (χ2v) is 6.06. The number of hydrogen-bond acceptors (Lipinski definition) is 2. The van der Waals surface area contributed by atoms with Crippen LogP contribution in [-0.4, -0.2) is 9.97 Å². The van der Waals surface area contributed by atoms with Gasteiger partial charge in [0.15, 0.2) is 0 Å². The van der Waals surface area contributed by atoms with Crippen LogP contribution in [0.5, 0.6) is 0 Å². The van der Waals surface area contributed by atoms with Gasteiger partial charge >= 0.3 is 0 Å². The molecule has 0 amide bonds. The van der Waals surface area contributed by atoms with Crippen LogP contribution in [-0.2, 0) is 6.42 Å². The smallest absolute Gasteiger partial charge is 0.120 e. The van der Waals surface area contributed by atoms with Gasteiger partial charge in [0, 0.05) is 10.0 Å². The lowest BCUT2D eigenvalue weighted by molar-refractivity contribution is 0.872. The molecule has 2 nitrogen and oxygen atoms in total. The average Bonchev–Trinajstić information content (AvgIpc) is 2.87. The summed E-state index contributed by atoms with van der Waals surface area (Å²) >= 11 is 16.8. The maximum atomic E-state index is 6.18. The molecule has 3 aromatic rings. The van der Waals surface area contributed by atoms with Crippen LogP contribution in [0.15, 0.2) is 42.5 Å². The number of halogens is 2. The van der Waals surface area contributed by atoms with Crippen LogP contribution < -0.4 is 0 Å². The van der Waals surface area contributed by atoms with Gasteiger partial charge in [-0.05, 0) is 42.3 Å². The highest BCUT2D eigenvalue weighted by molar-refractivity contribution is 7.80. The molecule has 0 aliphatic carbocycles. The van der Waals surface area contributed by atoms with Gasteiger partial charge in [-0.1, -0.05) is 35.3 Å². The van der Waals surface area contributed by atoms with E-state index in [1.807, 2.05) is 30.3 Å². The molecule has 1 N–H and O–H groups in total. The number of benzene rings is 2. The van der Waals surface area contributed by atoms with E-state index in [-0.39, 0.29) is 5.25 Å². The van der Waals surface area contributed by atoms with Crippen molar-refractivity contribution in [3.8, 4) is 0 Å². The second kappa shape index (κ2) is 5.68. The molecule has 20 heavy (non-hydrogen) atoms. The Morgan fingerprint density at radius 3 is 2.75 bits per heavy atom. The zero-order chi connectivity index (χ0) is 14.1. The van der Waals surface area contributed by atoms with Crippen LogP contribution >= 0.6 is 35.8 Å². The molecule has 3 rings (SSSR count). The van der Waals surface area contributed by atoms with Crippen molar-refractivity contribution in [3.63, 3.8) is 0 Å². The number of H-pyrrole nitrogens is 1. The molecule has 2 aromatic carbocycles. The van der Waals surface area contributed by atoms with E-state index in [1.165, 1.54) is 0 Å². The van der Waals surface area contributed by atoms with Gasteiger partial charge in [-0.25, -0.2) is 4.98 Å². The summed E-state index contributed by atoms with van der Waals surface area (Å²) in [6.45, 7) is 0. The fourth-order valence-electron chi connectivity index (χ4n) is 2.14. The van der Waals surface area contributed by atoms with Gasteiger partial charge in [0.05, 0.1) is 16.3 Å². The third-order valence-electron chi connectivity index (χ3n) is 3.14. The molecule has 0 aliphatic heterocycles. The largest absolute Gasteiger partial charge is 0.341 e. The lowest BCUT2D eigenvalue weighted by atomic mass is 10.1. The first kappa shape index (κ1) is 13.8. The first-order valence-electron chi connectivity index (χ1n) is 6.20. The van der Waals surface area contributed by atoms with E-state index in [4.69, 9.17) is 23.2 Å². The number of aromatic amines is 1. The Labute approximate surface area is 132 Å². The van der Waals surface area contributed by atoms with Crippen LogP contribution in [0.4, 0.5) is 0 Å². The summed E-state index contributed by atoms with van der Waals surface area (Å²) in [5.41, 5.74) is 2.93. The first-order chi connectivity index (χ1) is 9.63. The zero-order valence-electron chi connectivity index (χ0n) is 10.5. The molecule has 1 aromatic heterocycles. The molecule has 0 fully saturated rings. The van der Waals surface area contributed by atoms with Crippen LogP contribution in [0.3, 0.4) is 0 Å². The topological polar surface area (TPSA) is 28.7 Å². The molecule has 0 saturated carbocycles. The van der Waals surface area contributed by atoms with Crippen molar-refractivity contribution < 1.29 is 0 Å². The van der Waals surface area contributed by atoms with Crippen molar-refractivity contribution in [1.82, 2.24) is 9.97 Å². The second-order valence-electron chi connectivity index (χ2n) is 4.59. The number of nitrogens with one attached hydrogen (secondary N) is 1. The Kier molecular flexibility index (Phi) is 3.92. The van der Waals surface area contributed by atoms with Crippen molar-refractivity contribution in [3.05, 3.63) is 63.9 Å². The van der Waals surface area contributed by atoms with Gasteiger partial charge in [0.25, 0.3) is 0 Å². The molecule has 5 heteroatoms.